The number of rotatable bonds is 49. The first-order valence-electron chi connectivity index (χ1n) is 28.0. The fourth-order valence-electron chi connectivity index (χ4n) is 7.32. The third-order valence-corrected chi connectivity index (χ3v) is 11.5. The predicted molar refractivity (Wildman–Crippen MR) is 297 cm³/mol. The zero-order chi connectivity index (χ0) is 50.0. The van der Waals surface area contributed by atoms with Crippen molar-refractivity contribution in [2.45, 2.75) is 245 Å². The summed E-state index contributed by atoms with van der Waals surface area (Å²) in [5.74, 6) is -0.971. The van der Waals surface area contributed by atoms with Crippen LogP contribution in [0.2, 0.25) is 0 Å². The molecule has 0 saturated heterocycles. The Labute approximate surface area is 424 Å². The first-order valence-corrected chi connectivity index (χ1v) is 28.0. The normalized spacial score (nSPS) is 13.0. The van der Waals surface area contributed by atoms with Crippen LogP contribution in [-0.4, -0.2) is 37.2 Å². The van der Waals surface area contributed by atoms with Gasteiger partial charge in [0.1, 0.15) is 13.2 Å². The largest absolute Gasteiger partial charge is 0.462 e. The summed E-state index contributed by atoms with van der Waals surface area (Å²) in [6.45, 7) is 6.35. The molecule has 0 N–H and O–H groups in total. The molecule has 69 heavy (non-hydrogen) atoms. The van der Waals surface area contributed by atoms with Gasteiger partial charge in [0.05, 0.1) is 0 Å². The van der Waals surface area contributed by atoms with E-state index in [2.05, 4.69) is 142 Å². The third kappa shape index (κ3) is 54.6. The summed E-state index contributed by atoms with van der Waals surface area (Å²) in [6, 6.07) is 0. The van der Waals surface area contributed by atoms with Crippen LogP contribution in [0.15, 0.2) is 122 Å². The van der Waals surface area contributed by atoms with E-state index in [0.717, 1.165) is 128 Å². The van der Waals surface area contributed by atoms with Gasteiger partial charge in [0.25, 0.3) is 0 Å². The average Bonchev–Trinajstić information content (AvgIpc) is 3.35. The molecule has 0 aromatic rings. The summed E-state index contributed by atoms with van der Waals surface area (Å²) in [7, 11) is 0. The van der Waals surface area contributed by atoms with E-state index in [1.54, 1.807) is 0 Å². The fraction of sp³-hybridized carbons (Fsp3) is 0.635. The molecule has 0 amide bonds. The van der Waals surface area contributed by atoms with E-state index in [0.29, 0.717) is 19.3 Å². The van der Waals surface area contributed by atoms with E-state index < -0.39 is 6.10 Å². The van der Waals surface area contributed by atoms with Gasteiger partial charge in [-0.1, -0.05) is 232 Å². The standard InChI is InChI=1S/C63H102O6/c1-4-7-10-13-16-19-22-25-27-29-31-33-35-38-41-44-47-50-53-56-62(65)68-59-60(58-67-61(64)55-52-49-46-43-40-37-24-21-18-15-12-9-6-3)69-63(66)57-54-51-48-45-42-39-36-34-32-30-28-26-23-20-17-14-11-8-5-2/h7-8,10-11,16-17,19-20,25-28,31-34,38-39,41-42,60H,4-6,9,12-15,18,21-24,29-30,35-37,40,43-59H2,1-3H3/b10-7+,11-8+,19-16+,20-17+,27-25+,28-26+,33-31+,34-32+,41-38+,42-39+/t60-/m1/s1. The van der Waals surface area contributed by atoms with Crippen molar-refractivity contribution in [3.63, 3.8) is 0 Å². The molecule has 1 atom stereocenters. The van der Waals surface area contributed by atoms with Gasteiger partial charge in [-0.05, 0) is 109 Å². The SMILES string of the molecule is CC/C=C/C/C=C/C/C=C/C/C=C/C/C=C/CCCCCC(=O)OC[C@@H](COC(=O)CCCCCCCCCCCCCCC)OC(=O)CCCCC/C=C/C/C=C/C/C=C/C/C=C/C/C=C/CC. The summed E-state index contributed by atoms with van der Waals surface area (Å²) in [4.78, 5) is 38.1. The van der Waals surface area contributed by atoms with E-state index in [-0.39, 0.29) is 37.5 Å². The molecule has 0 bridgehead atoms. The zero-order valence-electron chi connectivity index (χ0n) is 44.5. The molecular formula is C63H102O6. The van der Waals surface area contributed by atoms with E-state index in [4.69, 9.17) is 14.2 Å². The minimum atomic E-state index is -0.811. The number of esters is 3. The molecule has 6 nitrogen and oxygen atoms in total. The highest BCUT2D eigenvalue weighted by atomic mass is 16.6. The number of carbonyl (C=O) groups excluding carboxylic acids is 3. The van der Waals surface area contributed by atoms with Crippen molar-refractivity contribution in [1.82, 2.24) is 0 Å². The van der Waals surface area contributed by atoms with Gasteiger partial charge >= 0.3 is 17.9 Å². The first-order chi connectivity index (χ1) is 34.0. The molecule has 0 unspecified atom stereocenters. The Balaban J connectivity index is 4.52. The summed E-state index contributed by atoms with van der Waals surface area (Å²) < 4.78 is 16.8. The quantitative estimate of drug-likeness (QED) is 0.0262. The molecule has 0 aromatic heterocycles. The Kier molecular flexibility index (Phi) is 53.0. The van der Waals surface area contributed by atoms with Crippen molar-refractivity contribution in [2.24, 2.45) is 0 Å². The van der Waals surface area contributed by atoms with Gasteiger partial charge in [0.2, 0.25) is 0 Å². The Hall–Kier alpha value is -4.19. The Bertz CT molecular complexity index is 1470. The van der Waals surface area contributed by atoms with Gasteiger partial charge in [-0.15, -0.1) is 0 Å². The minimum Gasteiger partial charge on any atom is -0.462 e. The number of ether oxygens (including phenoxy) is 3. The molecule has 0 rings (SSSR count). The second kappa shape index (κ2) is 56.4. The molecule has 0 spiro atoms. The van der Waals surface area contributed by atoms with E-state index in [1.807, 2.05) is 0 Å². The lowest BCUT2D eigenvalue weighted by Gasteiger charge is -2.18. The van der Waals surface area contributed by atoms with Crippen molar-refractivity contribution in [3.8, 4) is 0 Å². The second-order valence-corrected chi connectivity index (χ2v) is 18.1. The molecule has 0 aliphatic heterocycles. The zero-order valence-corrected chi connectivity index (χ0v) is 44.5. The van der Waals surface area contributed by atoms with E-state index >= 15 is 0 Å². The number of hydrogen-bond acceptors (Lipinski definition) is 6. The Morgan fingerprint density at radius 2 is 0.565 bits per heavy atom. The lowest BCUT2D eigenvalue weighted by Crippen LogP contribution is -2.30. The fourth-order valence-corrected chi connectivity index (χ4v) is 7.32. The van der Waals surface area contributed by atoms with Gasteiger partial charge < -0.3 is 14.2 Å². The van der Waals surface area contributed by atoms with Gasteiger partial charge in [0, 0.05) is 19.3 Å². The summed E-state index contributed by atoms with van der Waals surface area (Å²) in [6.07, 6.45) is 77.5. The molecule has 6 heteroatoms. The topological polar surface area (TPSA) is 78.9 Å². The number of unbranched alkanes of at least 4 members (excludes halogenated alkanes) is 18. The highest BCUT2D eigenvalue weighted by Gasteiger charge is 2.19. The molecule has 390 valence electrons. The Morgan fingerprint density at radius 3 is 0.884 bits per heavy atom. The lowest BCUT2D eigenvalue weighted by molar-refractivity contribution is -0.167. The summed E-state index contributed by atoms with van der Waals surface area (Å²) in [5, 5.41) is 0. The van der Waals surface area contributed by atoms with Crippen LogP contribution in [0.3, 0.4) is 0 Å². The maximum atomic E-state index is 12.8. The average molecular weight is 956 g/mol. The van der Waals surface area contributed by atoms with Crippen LogP contribution in [0.4, 0.5) is 0 Å². The van der Waals surface area contributed by atoms with Crippen LogP contribution < -0.4 is 0 Å². The molecule has 0 heterocycles. The number of allylic oxidation sites excluding steroid dienone is 20. The van der Waals surface area contributed by atoms with Crippen molar-refractivity contribution in [2.75, 3.05) is 13.2 Å². The highest BCUT2D eigenvalue weighted by Crippen LogP contribution is 2.14. The van der Waals surface area contributed by atoms with Gasteiger partial charge in [-0.25, -0.2) is 0 Å². The molecule has 0 saturated carbocycles. The maximum absolute atomic E-state index is 12.8. The summed E-state index contributed by atoms with van der Waals surface area (Å²) in [5.41, 5.74) is 0. The van der Waals surface area contributed by atoms with Crippen LogP contribution in [0.5, 0.6) is 0 Å². The van der Waals surface area contributed by atoms with Gasteiger partial charge in [0.15, 0.2) is 6.10 Å². The predicted octanol–water partition coefficient (Wildman–Crippen LogP) is 18.9. The first kappa shape index (κ1) is 64.8. The lowest BCUT2D eigenvalue weighted by atomic mass is 10.0. The van der Waals surface area contributed by atoms with Crippen molar-refractivity contribution < 1.29 is 28.6 Å². The molecule has 0 aromatic carbocycles. The summed E-state index contributed by atoms with van der Waals surface area (Å²) >= 11 is 0. The smallest absolute Gasteiger partial charge is 0.306 e. The molecule has 0 fully saturated rings. The van der Waals surface area contributed by atoms with Crippen molar-refractivity contribution in [3.05, 3.63) is 122 Å². The third-order valence-electron chi connectivity index (χ3n) is 11.5. The van der Waals surface area contributed by atoms with Crippen LogP contribution in [0.25, 0.3) is 0 Å². The van der Waals surface area contributed by atoms with Crippen molar-refractivity contribution >= 4 is 17.9 Å². The number of hydrogen-bond donors (Lipinski definition) is 0. The van der Waals surface area contributed by atoms with Crippen LogP contribution in [0, 0.1) is 0 Å². The van der Waals surface area contributed by atoms with Gasteiger partial charge in [-0.3, -0.25) is 14.4 Å². The highest BCUT2D eigenvalue weighted by molar-refractivity contribution is 5.71. The molecule has 0 aliphatic rings. The van der Waals surface area contributed by atoms with E-state index in [9.17, 15) is 14.4 Å². The second-order valence-electron chi connectivity index (χ2n) is 18.1. The van der Waals surface area contributed by atoms with Crippen molar-refractivity contribution in [1.29, 1.82) is 0 Å². The molecule has 0 radical (unpaired) electrons. The monoisotopic (exact) mass is 955 g/mol. The maximum Gasteiger partial charge on any atom is 0.306 e. The number of carbonyl (C=O) groups is 3. The van der Waals surface area contributed by atoms with Crippen LogP contribution >= 0.6 is 0 Å². The minimum absolute atomic E-state index is 0.104. The van der Waals surface area contributed by atoms with E-state index in [1.165, 1.54) is 64.2 Å². The van der Waals surface area contributed by atoms with Gasteiger partial charge in [-0.2, -0.15) is 0 Å². The van der Waals surface area contributed by atoms with Crippen LogP contribution in [-0.2, 0) is 28.6 Å². The molecular weight excluding hydrogens is 853 g/mol. The van der Waals surface area contributed by atoms with Crippen LogP contribution in [0.1, 0.15) is 239 Å². The molecule has 0 aliphatic carbocycles. The Morgan fingerprint density at radius 1 is 0.304 bits per heavy atom.